The number of nitrogens with one attached hydrogen (secondary N) is 1. The molecule has 0 saturated carbocycles. The van der Waals surface area contributed by atoms with Crippen LogP contribution in [0.25, 0.3) is 10.8 Å². The van der Waals surface area contributed by atoms with E-state index in [0.29, 0.717) is 23.0 Å². The first kappa shape index (κ1) is 17.8. The Balaban J connectivity index is 1.67. The first-order valence-corrected chi connectivity index (χ1v) is 8.84. The highest BCUT2D eigenvalue weighted by Gasteiger charge is 2.14. The van der Waals surface area contributed by atoms with Gasteiger partial charge in [-0.05, 0) is 54.1 Å². The van der Waals surface area contributed by atoms with Crippen LogP contribution >= 0.6 is 0 Å². The molecule has 2 heterocycles. The fraction of sp³-hybridized carbons (Fsp3) is 0.0909. The Morgan fingerprint density at radius 2 is 1.93 bits per heavy atom. The van der Waals surface area contributed by atoms with Crippen molar-refractivity contribution in [3.05, 3.63) is 90.0 Å². The first-order chi connectivity index (χ1) is 13.7. The van der Waals surface area contributed by atoms with E-state index in [-0.39, 0.29) is 12.4 Å². The van der Waals surface area contributed by atoms with Gasteiger partial charge in [-0.3, -0.25) is 15.7 Å². The maximum Gasteiger partial charge on any atom is 0.230 e. The third-order valence-corrected chi connectivity index (χ3v) is 4.27. The summed E-state index contributed by atoms with van der Waals surface area (Å²) in [4.78, 5) is 8.86. The van der Waals surface area contributed by atoms with Crippen molar-refractivity contribution in [3.63, 3.8) is 0 Å². The Hall–Kier alpha value is -3.64. The average Bonchev–Trinajstić information content (AvgIpc) is 3.23. The summed E-state index contributed by atoms with van der Waals surface area (Å²) in [5.41, 5.74) is 3.49. The van der Waals surface area contributed by atoms with Crippen molar-refractivity contribution < 1.29 is 14.4 Å². The number of aryl methyl sites for hydroxylation is 1. The van der Waals surface area contributed by atoms with Gasteiger partial charge in [-0.2, -0.15) is 0 Å². The van der Waals surface area contributed by atoms with Gasteiger partial charge in [-0.25, -0.2) is 4.98 Å². The van der Waals surface area contributed by atoms with Gasteiger partial charge in [-0.15, -0.1) is 0 Å². The fourth-order valence-corrected chi connectivity index (χ4v) is 2.87. The fourth-order valence-electron chi connectivity index (χ4n) is 2.87. The Bertz CT molecular complexity index is 1120. The lowest BCUT2D eigenvalue weighted by Gasteiger charge is -2.12. The number of pyridine rings is 1. The molecule has 0 saturated heterocycles. The monoisotopic (exact) mass is 373 g/mol. The molecule has 0 radical (unpaired) electrons. The van der Waals surface area contributed by atoms with Crippen molar-refractivity contribution in [2.45, 2.75) is 13.5 Å². The minimum absolute atomic E-state index is 0.250. The number of benzene rings is 2. The van der Waals surface area contributed by atoms with Crippen LogP contribution in [0, 0.1) is 6.92 Å². The summed E-state index contributed by atoms with van der Waals surface area (Å²) in [6.45, 7) is 2.16. The van der Waals surface area contributed by atoms with Crippen LogP contribution in [0.15, 0.2) is 82.4 Å². The zero-order valence-corrected chi connectivity index (χ0v) is 15.3. The summed E-state index contributed by atoms with van der Waals surface area (Å²) in [6.07, 6.45) is 1.58. The number of furan rings is 1. The Labute approximate surface area is 162 Å². The van der Waals surface area contributed by atoms with Gasteiger partial charge >= 0.3 is 0 Å². The highest BCUT2D eigenvalue weighted by molar-refractivity contribution is 6.00. The van der Waals surface area contributed by atoms with Crippen LogP contribution in [0.1, 0.15) is 17.0 Å². The molecule has 2 aromatic heterocycles. The molecular formula is C22H19N3O3. The molecule has 0 spiro atoms. The van der Waals surface area contributed by atoms with E-state index in [4.69, 9.17) is 9.15 Å². The third-order valence-electron chi connectivity index (χ3n) is 4.27. The molecule has 0 fully saturated rings. The lowest BCUT2D eigenvalue weighted by Crippen LogP contribution is -2.21. The standard InChI is InChI=1S/C22H19N3O3/c1-15-8-11-20(21(25-26)23-14-19-7-4-12-27-19)22(24-15)28-18-10-9-16-5-2-3-6-17(16)13-18/h2-13,26H,14H2,1H3,(H,23,25). The molecule has 0 aliphatic heterocycles. The molecule has 6 heteroatoms. The number of hydroxylamine groups is 1. The van der Waals surface area contributed by atoms with Crippen LogP contribution in [0.4, 0.5) is 0 Å². The van der Waals surface area contributed by atoms with E-state index in [2.05, 4.69) is 15.5 Å². The van der Waals surface area contributed by atoms with Crippen LogP contribution in [-0.2, 0) is 6.54 Å². The first-order valence-electron chi connectivity index (χ1n) is 8.84. The van der Waals surface area contributed by atoms with Crippen LogP contribution in [0.2, 0.25) is 0 Å². The number of hydrogen-bond donors (Lipinski definition) is 2. The number of amidine groups is 1. The highest BCUT2D eigenvalue weighted by Crippen LogP contribution is 2.27. The van der Waals surface area contributed by atoms with E-state index in [1.165, 1.54) is 0 Å². The average molecular weight is 373 g/mol. The predicted molar refractivity (Wildman–Crippen MR) is 107 cm³/mol. The van der Waals surface area contributed by atoms with Crippen molar-refractivity contribution in [2.24, 2.45) is 4.99 Å². The summed E-state index contributed by atoms with van der Waals surface area (Å²) < 4.78 is 11.3. The maximum absolute atomic E-state index is 9.61. The molecule has 4 rings (SSSR count). The summed E-state index contributed by atoms with van der Waals surface area (Å²) in [5, 5.41) is 11.8. The Morgan fingerprint density at radius 3 is 2.71 bits per heavy atom. The molecule has 0 atom stereocenters. The second kappa shape index (κ2) is 7.94. The maximum atomic E-state index is 9.61. The minimum Gasteiger partial charge on any atom is -0.467 e. The normalized spacial score (nSPS) is 11.6. The number of rotatable bonds is 5. The molecule has 0 amide bonds. The third kappa shape index (κ3) is 3.87. The van der Waals surface area contributed by atoms with E-state index < -0.39 is 0 Å². The largest absolute Gasteiger partial charge is 0.467 e. The van der Waals surface area contributed by atoms with Crippen molar-refractivity contribution >= 4 is 16.6 Å². The topological polar surface area (TPSA) is 79.9 Å². The molecule has 2 aromatic carbocycles. The molecular weight excluding hydrogens is 354 g/mol. The number of aromatic nitrogens is 1. The number of nitrogens with zero attached hydrogens (tertiary/aromatic N) is 2. The molecule has 0 aliphatic rings. The zero-order valence-electron chi connectivity index (χ0n) is 15.3. The van der Waals surface area contributed by atoms with E-state index >= 15 is 0 Å². The van der Waals surface area contributed by atoms with E-state index in [1.807, 2.05) is 67.6 Å². The molecule has 28 heavy (non-hydrogen) atoms. The van der Waals surface area contributed by atoms with Crippen LogP contribution in [0.3, 0.4) is 0 Å². The van der Waals surface area contributed by atoms with Gasteiger partial charge in [0, 0.05) is 5.69 Å². The van der Waals surface area contributed by atoms with Gasteiger partial charge in [0.1, 0.15) is 11.5 Å². The Kier molecular flexibility index (Phi) is 5.03. The molecule has 6 nitrogen and oxygen atoms in total. The van der Waals surface area contributed by atoms with Gasteiger partial charge in [0.25, 0.3) is 0 Å². The van der Waals surface area contributed by atoms with Crippen LogP contribution < -0.4 is 10.2 Å². The van der Waals surface area contributed by atoms with Gasteiger partial charge in [0.05, 0.1) is 18.4 Å². The lowest BCUT2D eigenvalue weighted by molar-refractivity contribution is 0.234. The smallest absolute Gasteiger partial charge is 0.230 e. The van der Waals surface area contributed by atoms with Gasteiger partial charge < -0.3 is 9.15 Å². The summed E-state index contributed by atoms with van der Waals surface area (Å²) in [6, 6.07) is 21.1. The number of fused-ring (bicyclic) bond motifs is 1. The van der Waals surface area contributed by atoms with Crippen molar-refractivity contribution in [1.82, 2.24) is 10.5 Å². The molecule has 0 aliphatic carbocycles. The van der Waals surface area contributed by atoms with Gasteiger partial charge in [-0.1, -0.05) is 30.3 Å². The van der Waals surface area contributed by atoms with Crippen molar-refractivity contribution in [2.75, 3.05) is 0 Å². The van der Waals surface area contributed by atoms with Crippen molar-refractivity contribution in [3.8, 4) is 11.6 Å². The summed E-state index contributed by atoms with van der Waals surface area (Å²) >= 11 is 0. The second-order valence-electron chi connectivity index (χ2n) is 6.27. The lowest BCUT2D eigenvalue weighted by atomic mass is 10.1. The molecule has 140 valence electrons. The van der Waals surface area contributed by atoms with Gasteiger partial charge in [0.2, 0.25) is 5.88 Å². The van der Waals surface area contributed by atoms with Crippen molar-refractivity contribution in [1.29, 1.82) is 0 Å². The van der Waals surface area contributed by atoms with Gasteiger partial charge in [0.15, 0.2) is 5.84 Å². The highest BCUT2D eigenvalue weighted by atomic mass is 16.5. The molecule has 2 N–H and O–H groups in total. The SMILES string of the molecule is Cc1ccc(C(=NCc2ccco2)NO)c(Oc2ccc3ccccc3c2)n1. The van der Waals surface area contributed by atoms with E-state index in [1.54, 1.807) is 12.3 Å². The number of ether oxygens (including phenoxy) is 1. The number of hydrogen-bond acceptors (Lipinski definition) is 5. The minimum atomic E-state index is 0.250. The van der Waals surface area contributed by atoms with E-state index in [9.17, 15) is 5.21 Å². The Morgan fingerprint density at radius 1 is 1.07 bits per heavy atom. The predicted octanol–water partition coefficient (Wildman–Crippen LogP) is 4.85. The summed E-state index contributed by atoms with van der Waals surface area (Å²) in [7, 11) is 0. The van der Waals surface area contributed by atoms with E-state index in [0.717, 1.165) is 16.5 Å². The molecule has 0 unspecified atom stereocenters. The number of aliphatic imine (C=N–C) groups is 1. The quantitative estimate of drug-likeness (QED) is 0.297. The van der Waals surface area contributed by atoms with Crippen LogP contribution in [0.5, 0.6) is 11.6 Å². The molecule has 0 bridgehead atoms. The summed E-state index contributed by atoms with van der Waals surface area (Å²) in [5.74, 6) is 1.95. The van der Waals surface area contributed by atoms with Crippen LogP contribution in [-0.4, -0.2) is 16.0 Å². The zero-order chi connectivity index (χ0) is 19.3. The second-order valence-corrected chi connectivity index (χ2v) is 6.27. The molecule has 4 aromatic rings.